The number of nitrogens with zero attached hydrogens (tertiary/aromatic N) is 1. The van der Waals surface area contributed by atoms with Crippen molar-refractivity contribution >= 4 is 50.1 Å². The van der Waals surface area contributed by atoms with E-state index in [-0.39, 0.29) is 15.3 Å². The SMILES string of the molecule is FC(F)c1c(I)cc(Cl)nc1Br. The molecule has 1 heterocycles. The number of aromatic nitrogens is 1. The fourth-order valence-corrected chi connectivity index (χ4v) is 2.88. The van der Waals surface area contributed by atoms with Crippen LogP contribution in [0.25, 0.3) is 0 Å². The Bertz CT molecular complexity index is 285. The number of halogens is 5. The molecule has 1 aromatic rings. The third-order valence-electron chi connectivity index (χ3n) is 1.15. The van der Waals surface area contributed by atoms with Gasteiger partial charge >= 0.3 is 0 Å². The topological polar surface area (TPSA) is 12.9 Å². The number of hydrogen-bond acceptors (Lipinski definition) is 1. The van der Waals surface area contributed by atoms with Crippen molar-refractivity contribution in [1.82, 2.24) is 4.98 Å². The average molecular weight is 368 g/mol. The van der Waals surface area contributed by atoms with E-state index < -0.39 is 6.43 Å². The van der Waals surface area contributed by atoms with Gasteiger partial charge in [-0.15, -0.1) is 0 Å². The molecule has 0 N–H and O–H groups in total. The molecule has 0 spiro atoms. The first-order valence-electron chi connectivity index (χ1n) is 2.82. The van der Waals surface area contributed by atoms with E-state index in [1.165, 1.54) is 6.07 Å². The third-order valence-corrected chi connectivity index (χ3v) is 2.84. The molecule has 0 amide bonds. The molecule has 1 rings (SSSR count). The van der Waals surface area contributed by atoms with Crippen molar-refractivity contribution < 1.29 is 8.78 Å². The zero-order valence-corrected chi connectivity index (χ0v) is 9.99. The lowest BCUT2D eigenvalue weighted by molar-refractivity contribution is 0.149. The van der Waals surface area contributed by atoms with Gasteiger partial charge in [-0.25, -0.2) is 13.8 Å². The third kappa shape index (κ3) is 2.26. The molecular formula is C6H2BrClF2IN. The van der Waals surface area contributed by atoms with E-state index in [1.54, 1.807) is 22.6 Å². The second kappa shape index (κ2) is 4.15. The molecule has 0 unspecified atom stereocenters. The summed E-state index contributed by atoms with van der Waals surface area (Å²) in [4.78, 5) is 3.65. The lowest BCUT2D eigenvalue weighted by Crippen LogP contribution is -1.94. The summed E-state index contributed by atoms with van der Waals surface area (Å²) in [6, 6.07) is 1.40. The molecule has 0 saturated heterocycles. The molecule has 0 aliphatic rings. The smallest absolute Gasteiger partial charge is 0.229 e. The quantitative estimate of drug-likeness (QED) is 0.539. The molecule has 0 aliphatic heterocycles. The summed E-state index contributed by atoms with van der Waals surface area (Å²) in [5.41, 5.74) is -0.111. The molecule has 6 heteroatoms. The molecular weight excluding hydrogens is 366 g/mol. The van der Waals surface area contributed by atoms with E-state index in [0.29, 0.717) is 3.57 Å². The van der Waals surface area contributed by atoms with Gasteiger partial charge in [0.15, 0.2) is 0 Å². The second-order valence-electron chi connectivity index (χ2n) is 1.93. The van der Waals surface area contributed by atoms with Gasteiger partial charge < -0.3 is 0 Å². The molecule has 0 aliphatic carbocycles. The Hall–Kier alpha value is 0.510. The zero-order valence-electron chi connectivity index (χ0n) is 5.49. The Morgan fingerprint density at radius 2 is 2.17 bits per heavy atom. The van der Waals surface area contributed by atoms with Crippen LogP contribution in [0.15, 0.2) is 10.7 Å². The van der Waals surface area contributed by atoms with Crippen LogP contribution in [0.2, 0.25) is 5.15 Å². The Morgan fingerprint density at radius 3 is 2.58 bits per heavy atom. The van der Waals surface area contributed by atoms with E-state index in [4.69, 9.17) is 11.6 Å². The summed E-state index contributed by atoms with van der Waals surface area (Å²) in [6.07, 6.45) is -2.53. The van der Waals surface area contributed by atoms with Crippen LogP contribution in [0, 0.1) is 3.57 Å². The molecule has 1 aromatic heterocycles. The van der Waals surface area contributed by atoms with E-state index in [0.717, 1.165) is 0 Å². The van der Waals surface area contributed by atoms with Gasteiger partial charge in [-0.05, 0) is 44.6 Å². The predicted molar refractivity (Wildman–Crippen MR) is 54.6 cm³/mol. The van der Waals surface area contributed by atoms with Crippen LogP contribution in [-0.4, -0.2) is 4.98 Å². The molecule has 0 saturated carbocycles. The molecule has 0 atom stereocenters. The van der Waals surface area contributed by atoms with Crippen LogP contribution < -0.4 is 0 Å². The van der Waals surface area contributed by atoms with Crippen molar-refractivity contribution in [2.45, 2.75) is 6.43 Å². The van der Waals surface area contributed by atoms with Crippen molar-refractivity contribution in [3.05, 3.63) is 25.0 Å². The summed E-state index contributed by atoms with van der Waals surface area (Å²) in [5.74, 6) is 0. The highest BCUT2D eigenvalue weighted by atomic mass is 127. The van der Waals surface area contributed by atoms with Crippen molar-refractivity contribution in [3.8, 4) is 0 Å². The van der Waals surface area contributed by atoms with Crippen LogP contribution in [-0.2, 0) is 0 Å². The fraction of sp³-hybridized carbons (Fsp3) is 0.167. The fourth-order valence-electron chi connectivity index (χ4n) is 0.661. The summed E-state index contributed by atoms with van der Waals surface area (Å²) < 4.78 is 25.1. The number of rotatable bonds is 1. The first-order chi connectivity index (χ1) is 5.52. The standard InChI is InChI=1S/C6H2BrClF2IN/c7-5-4(6(9)10)2(11)1-3(8)12-5/h1,6H. The van der Waals surface area contributed by atoms with Crippen molar-refractivity contribution in [2.24, 2.45) is 0 Å². The lowest BCUT2D eigenvalue weighted by atomic mass is 10.3. The van der Waals surface area contributed by atoms with Crippen molar-refractivity contribution in [3.63, 3.8) is 0 Å². The molecule has 12 heavy (non-hydrogen) atoms. The van der Waals surface area contributed by atoms with E-state index >= 15 is 0 Å². The van der Waals surface area contributed by atoms with Crippen LogP contribution in [0.3, 0.4) is 0 Å². The predicted octanol–water partition coefficient (Wildman–Crippen LogP) is 4.04. The van der Waals surface area contributed by atoms with Crippen LogP contribution >= 0.6 is 50.1 Å². The monoisotopic (exact) mass is 367 g/mol. The zero-order chi connectivity index (χ0) is 9.30. The average Bonchev–Trinajstić information content (AvgIpc) is 1.82. The number of pyridine rings is 1. The maximum absolute atomic E-state index is 12.3. The van der Waals surface area contributed by atoms with Crippen LogP contribution in [0.5, 0.6) is 0 Å². The molecule has 0 fully saturated rings. The van der Waals surface area contributed by atoms with E-state index in [9.17, 15) is 8.78 Å². The largest absolute Gasteiger partial charge is 0.267 e. The van der Waals surface area contributed by atoms with E-state index in [2.05, 4.69) is 20.9 Å². The minimum absolute atomic E-state index is 0.106. The Balaban J connectivity index is 3.28. The summed E-state index contributed by atoms with van der Waals surface area (Å²) in [5, 5.41) is 0.204. The molecule has 0 aromatic carbocycles. The molecule has 0 bridgehead atoms. The molecule has 0 radical (unpaired) electrons. The van der Waals surface area contributed by atoms with Crippen LogP contribution in [0.4, 0.5) is 8.78 Å². The van der Waals surface area contributed by atoms with Gasteiger partial charge in [0.05, 0.1) is 5.56 Å². The highest BCUT2D eigenvalue weighted by Gasteiger charge is 2.17. The van der Waals surface area contributed by atoms with Crippen LogP contribution in [0.1, 0.15) is 12.0 Å². The minimum Gasteiger partial charge on any atom is -0.229 e. The highest BCUT2D eigenvalue weighted by Crippen LogP contribution is 2.31. The van der Waals surface area contributed by atoms with Crippen molar-refractivity contribution in [1.29, 1.82) is 0 Å². The maximum Gasteiger partial charge on any atom is 0.267 e. The minimum atomic E-state index is -2.53. The summed E-state index contributed by atoms with van der Waals surface area (Å²) >= 11 is 10.2. The number of hydrogen-bond donors (Lipinski definition) is 0. The van der Waals surface area contributed by atoms with Gasteiger partial charge in [-0.3, -0.25) is 0 Å². The molecule has 66 valence electrons. The van der Waals surface area contributed by atoms with Gasteiger partial charge in [0.2, 0.25) is 0 Å². The van der Waals surface area contributed by atoms with Gasteiger partial charge in [0.1, 0.15) is 9.76 Å². The Labute approximate surface area is 94.8 Å². The summed E-state index contributed by atoms with van der Waals surface area (Å²) in [7, 11) is 0. The van der Waals surface area contributed by atoms with Gasteiger partial charge in [0, 0.05) is 3.57 Å². The number of alkyl halides is 2. The normalized spacial score (nSPS) is 10.8. The van der Waals surface area contributed by atoms with Gasteiger partial charge in [-0.2, -0.15) is 0 Å². The second-order valence-corrected chi connectivity index (χ2v) is 4.23. The Morgan fingerprint density at radius 1 is 1.58 bits per heavy atom. The van der Waals surface area contributed by atoms with E-state index in [1.807, 2.05) is 0 Å². The lowest BCUT2D eigenvalue weighted by Gasteiger charge is -2.05. The molecule has 1 nitrogen and oxygen atoms in total. The van der Waals surface area contributed by atoms with Gasteiger partial charge in [0.25, 0.3) is 6.43 Å². The first kappa shape index (κ1) is 10.6. The Kier molecular flexibility index (Phi) is 3.66. The highest BCUT2D eigenvalue weighted by molar-refractivity contribution is 14.1. The first-order valence-corrected chi connectivity index (χ1v) is 5.07. The summed E-state index contributed by atoms with van der Waals surface area (Å²) in [6.45, 7) is 0. The maximum atomic E-state index is 12.3. The van der Waals surface area contributed by atoms with Gasteiger partial charge in [-0.1, -0.05) is 11.6 Å². The van der Waals surface area contributed by atoms with Crippen molar-refractivity contribution in [2.75, 3.05) is 0 Å².